The highest BCUT2D eigenvalue weighted by Crippen LogP contribution is 2.35. The van der Waals surface area contributed by atoms with Crippen molar-refractivity contribution in [2.24, 2.45) is 0 Å². The maximum absolute atomic E-state index is 12.8. The highest BCUT2D eigenvalue weighted by molar-refractivity contribution is 6.01. The lowest BCUT2D eigenvalue weighted by molar-refractivity contribution is -0.0497. The number of aromatic nitrogens is 5. The van der Waals surface area contributed by atoms with Gasteiger partial charge in [-0.15, -0.1) is 0 Å². The molecule has 3 aromatic heterocycles. The van der Waals surface area contributed by atoms with Crippen LogP contribution in [0.25, 0.3) is 33.5 Å². The van der Waals surface area contributed by atoms with E-state index in [1.54, 1.807) is 6.07 Å². The first-order valence-electron chi connectivity index (χ1n) is 10.1. The summed E-state index contributed by atoms with van der Waals surface area (Å²) in [6, 6.07) is 4.86. The fraction of sp³-hybridized carbons (Fsp3) is 0.333. The fourth-order valence-corrected chi connectivity index (χ4v) is 4.17. The summed E-state index contributed by atoms with van der Waals surface area (Å²) in [4.78, 5) is 25.3. The number of nitrogens with one attached hydrogen (secondary N) is 1. The van der Waals surface area contributed by atoms with Crippen LogP contribution < -0.4 is 4.74 Å². The molecule has 4 heterocycles. The Bertz CT molecular complexity index is 1310. The number of aromatic amines is 1. The van der Waals surface area contributed by atoms with Crippen LogP contribution in [0.1, 0.15) is 29.2 Å². The number of aromatic carboxylic acids is 1. The molecule has 0 amide bonds. The second-order valence-electron chi connectivity index (χ2n) is 7.85. The number of nitrogens with zero attached hydrogens (tertiary/aromatic N) is 5. The summed E-state index contributed by atoms with van der Waals surface area (Å²) in [5.74, 6) is -1.12. The van der Waals surface area contributed by atoms with Crippen molar-refractivity contribution in [2.75, 3.05) is 20.1 Å². The van der Waals surface area contributed by atoms with Gasteiger partial charge >= 0.3 is 12.6 Å². The van der Waals surface area contributed by atoms with Gasteiger partial charge in [0.2, 0.25) is 0 Å². The zero-order chi connectivity index (χ0) is 22.4. The van der Waals surface area contributed by atoms with Crippen LogP contribution in [-0.2, 0) is 0 Å². The molecule has 0 radical (unpaired) electrons. The molecule has 0 spiro atoms. The molecule has 1 fully saturated rings. The van der Waals surface area contributed by atoms with Crippen molar-refractivity contribution in [2.45, 2.75) is 25.5 Å². The monoisotopic (exact) mass is 442 g/mol. The topological polar surface area (TPSA) is 109 Å². The summed E-state index contributed by atoms with van der Waals surface area (Å²) in [6.45, 7) is -1.11. The Balaban J connectivity index is 1.68. The number of rotatable bonds is 5. The summed E-state index contributed by atoms with van der Waals surface area (Å²) in [5, 5.41) is 14.8. The minimum atomic E-state index is -2.95. The van der Waals surface area contributed by atoms with Crippen LogP contribution in [0.15, 0.2) is 30.6 Å². The minimum Gasteiger partial charge on any atom is -0.478 e. The Labute approximate surface area is 180 Å². The number of fused-ring (bicyclic) bond motifs is 2. The average molecular weight is 442 g/mol. The average Bonchev–Trinajstić information content (AvgIpc) is 3.35. The van der Waals surface area contributed by atoms with Gasteiger partial charge in [-0.25, -0.2) is 14.8 Å². The molecule has 0 unspecified atom stereocenters. The van der Waals surface area contributed by atoms with E-state index >= 15 is 0 Å². The highest BCUT2D eigenvalue weighted by atomic mass is 19.3. The number of H-pyrrole nitrogens is 1. The SMILES string of the molecule is CN1CCC(n2nc(-c3cnc4[nH]cc(C(=O)O)c4n3)c3cc(OC(F)F)ccc32)CC1. The van der Waals surface area contributed by atoms with Gasteiger partial charge in [-0.2, -0.15) is 13.9 Å². The molecule has 0 saturated carbocycles. The summed E-state index contributed by atoms with van der Waals surface area (Å²) in [5.41, 5.74) is 2.10. The maximum Gasteiger partial charge on any atom is 0.387 e. The third-order valence-electron chi connectivity index (χ3n) is 5.79. The van der Waals surface area contributed by atoms with Crippen molar-refractivity contribution >= 4 is 28.0 Å². The summed E-state index contributed by atoms with van der Waals surface area (Å²) >= 11 is 0. The number of halogens is 2. The lowest BCUT2D eigenvalue weighted by Crippen LogP contribution is -2.31. The minimum absolute atomic E-state index is 0.00451. The van der Waals surface area contributed by atoms with Crippen molar-refractivity contribution in [3.05, 3.63) is 36.2 Å². The molecule has 5 rings (SSSR count). The Morgan fingerprint density at radius 3 is 2.81 bits per heavy atom. The second kappa shape index (κ2) is 7.83. The number of carboxylic acids is 1. The van der Waals surface area contributed by atoms with Gasteiger partial charge in [0.1, 0.15) is 28.2 Å². The lowest BCUT2D eigenvalue weighted by Gasteiger charge is -2.29. The first-order valence-corrected chi connectivity index (χ1v) is 10.1. The zero-order valence-corrected chi connectivity index (χ0v) is 17.1. The number of carboxylic acid groups (broad SMARTS) is 1. The molecular weight excluding hydrogens is 422 g/mol. The van der Waals surface area contributed by atoms with E-state index in [-0.39, 0.29) is 22.9 Å². The number of hydrogen-bond donors (Lipinski definition) is 2. The van der Waals surface area contributed by atoms with E-state index in [0.717, 1.165) is 31.4 Å². The van der Waals surface area contributed by atoms with E-state index in [1.807, 2.05) is 4.68 Å². The van der Waals surface area contributed by atoms with Crippen LogP contribution in [0.3, 0.4) is 0 Å². The van der Waals surface area contributed by atoms with Gasteiger partial charge in [0, 0.05) is 11.6 Å². The Morgan fingerprint density at radius 1 is 1.31 bits per heavy atom. The molecular formula is C21H20F2N6O3. The van der Waals surface area contributed by atoms with Gasteiger partial charge in [0.25, 0.3) is 0 Å². The molecule has 1 aromatic carbocycles. The highest BCUT2D eigenvalue weighted by Gasteiger charge is 2.24. The predicted octanol–water partition coefficient (Wildman–Crippen LogP) is 3.54. The van der Waals surface area contributed by atoms with Gasteiger partial charge in [-0.05, 0) is 51.2 Å². The van der Waals surface area contributed by atoms with Crippen LogP contribution in [-0.4, -0.2) is 67.5 Å². The van der Waals surface area contributed by atoms with E-state index in [2.05, 4.69) is 31.6 Å². The number of ether oxygens (including phenoxy) is 1. The number of carbonyl (C=O) groups is 1. The van der Waals surface area contributed by atoms with Gasteiger partial charge in [0.05, 0.1) is 17.8 Å². The second-order valence-corrected chi connectivity index (χ2v) is 7.85. The molecule has 1 aliphatic rings. The Morgan fingerprint density at radius 2 is 2.09 bits per heavy atom. The first-order chi connectivity index (χ1) is 15.4. The van der Waals surface area contributed by atoms with E-state index in [0.29, 0.717) is 22.4 Å². The van der Waals surface area contributed by atoms with Crippen molar-refractivity contribution in [1.82, 2.24) is 29.6 Å². The van der Waals surface area contributed by atoms with Gasteiger partial charge in [-0.1, -0.05) is 0 Å². The Hall–Kier alpha value is -3.60. The smallest absolute Gasteiger partial charge is 0.387 e. The normalized spacial score (nSPS) is 15.8. The fourth-order valence-electron chi connectivity index (χ4n) is 4.17. The summed E-state index contributed by atoms with van der Waals surface area (Å²) < 4.78 is 32.1. The van der Waals surface area contributed by atoms with Crippen LogP contribution in [0.5, 0.6) is 5.75 Å². The molecule has 2 N–H and O–H groups in total. The van der Waals surface area contributed by atoms with Gasteiger partial charge in [0.15, 0.2) is 5.65 Å². The number of benzene rings is 1. The number of hydrogen-bond acceptors (Lipinski definition) is 6. The molecule has 1 aliphatic heterocycles. The summed E-state index contributed by atoms with van der Waals surface area (Å²) in [6.07, 6.45) is 4.62. The predicted molar refractivity (Wildman–Crippen MR) is 112 cm³/mol. The van der Waals surface area contributed by atoms with Crippen LogP contribution in [0, 0.1) is 0 Å². The van der Waals surface area contributed by atoms with E-state index < -0.39 is 12.6 Å². The van der Waals surface area contributed by atoms with Crippen molar-refractivity contribution < 1.29 is 23.4 Å². The summed E-state index contributed by atoms with van der Waals surface area (Å²) in [7, 11) is 2.07. The molecule has 166 valence electrons. The van der Waals surface area contributed by atoms with Crippen LogP contribution >= 0.6 is 0 Å². The molecule has 11 heteroatoms. The molecule has 0 aliphatic carbocycles. The number of alkyl halides is 2. The maximum atomic E-state index is 12.8. The van der Waals surface area contributed by atoms with E-state index in [9.17, 15) is 18.7 Å². The number of likely N-dealkylation sites (tertiary alicyclic amines) is 1. The molecule has 0 bridgehead atoms. The lowest BCUT2D eigenvalue weighted by atomic mass is 10.1. The Kier molecular flexibility index (Phi) is 4.97. The molecule has 0 atom stereocenters. The van der Waals surface area contributed by atoms with Gasteiger partial charge in [-0.3, -0.25) is 4.68 Å². The van der Waals surface area contributed by atoms with Crippen molar-refractivity contribution in [3.8, 4) is 17.1 Å². The van der Waals surface area contributed by atoms with Crippen molar-refractivity contribution in [3.63, 3.8) is 0 Å². The van der Waals surface area contributed by atoms with E-state index in [4.69, 9.17) is 5.10 Å². The first kappa shape index (κ1) is 20.3. The molecule has 32 heavy (non-hydrogen) atoms. The third-order valence-corrected chi connectivity index (χ3v) is 5.79. The molecule has 9 nitrogen and oxygen atoms in total. The number of piperidine rings is 1. The largest absolute Gasteiger partial charge is 0.478 e. The standard InChI is InChI=1S/C21H20F2N6O3/c1-28-6-4-11(5-7-28)29-16-3-2-12(32-21(22)23)8-13(16)17(27-29)15-10-25-19-18(26-15)14(9-24-19)20(30)31/h2-3,8-11,21H,4-7H2,1H3,(H,24,25)(H,30,31). The quantitative estimate of drug-likeness (QED) is 0.487. The van der Waals surface area contributed by atoms with Crippen LogP contribution in [0.4, 0.5) is 8.78 Å². The zero-order valence-electron chi connectivity index (χ0n) is 17.1. The van der Waals surface area contributed by atoms with Gasteiger partial charge < -0.3 is 19.7 Å². The molecule has 1 saturated heterocycles. The molecule has 4 aromatic rings. The van der Waals surface area contributed by atoms with Crippen molar-refractivity contribution in [1.29, 1.82) is 0 Å². The van der Waals surface area contributed by atoms with E-state index in [1.165, 1.54) is 24.5 Å². The third kappa shape index (κ3) is 3.54. The van der Waals surface area contributed by atoms with Crippen LogP contribution in [0.2, 0.25) is 0 Å².